The van der Waals surface area contributed by atoms with E-state index in [1.807, 2.05) is 24.3 Å². The Morgan fingerprint density at radius 1 is 1.10 bits per heavy atom. The first kappa shape index (κ1) is 24.6. The topological polar surface area (TPSA) is 73.8 Å². The summed E-state index contributed by atoms with van der Waals surface area (Å²) in [6.07, 6.45) is 0. The van der Waals surface area contributed by atoms with Crippen molar-refractivity contribution in [2.45, 2.75) is 26.3 Å². The SMILES string of the molecule is CCNC(=NCC(C)(C)N1CCOCC1)NCCNc1ccc2ccccc2n1.I. The Morgan fingerprint density at radius 2 is 1.87 bits per heavy atom. The lowest BCUT2D eigenvalue weighted by molar-refractivity contribution is -0.00683. The van der Waals surface area contributed by atoms with E-state index >= 15 is 0 Å². The zero-order valence-electron chi connectivity index (χ0n) is 18.3. The standard InChI is InChI=1S/C22H34N6O.HI/c1-4-23-21(26-17-22(2,3)28-13-15-29-16-14-28)25-12-11-24-20-10-9-18-7-5-6-8-19(18)27-20;/h5-10H,4,11-17H2,1-3H3,(H,24,27)(H2,23,25,26);1H. The van der Waals surface area contributed by atoms with Crippen LogP contribution in [-0.2, 0) is 4.74 Å². The zero-order valence-corrected chi connectivity index (χ0v) is 20.6. The molecule has 8 heteroatoms. The molecule has 0 bridgehead atoms. The van der Waals surface area contributed by atoms with Crippen molar-refractivity contribution >= 4 is 46.7 Å². The van der Waals surface area contributed by atoms with Crippen molar-refractivity contribution in [2.24, 2.45) is 4.99 Å². The summed E-state index contributed by atoms with van der Waals surface area (Å²) in [4.78, 5) is 11.9. The van der Waals surface area contributed by atoms with E-state index in [0.29, 0.717) is 0 Å². The molecule has 1 aliphatic rings. The van der Waals surface area contributed by atoms with Gasteiger partial charge in [0.05, 0.1) is 25.3 Å². The van der Waals surface area contributed by atoms with Gasteiger partial charge in [-0.25, -0.2) is 4.98 Å². The van der Waals surface area contributed by atoms with Gasteiger partial charge in [0.25, 0.3) is 0 Å². The third-order valence-corrected chi connectivity index (χ3v) is 5.16. The highest BCUT2D eigenvalue weighted by Gasteiger charge is 2.28. The molecule has 3 N–H and O–H groups in total. The van der Waals surface area contributed by atoms with Gasteiger partial charge in [-0.2, -0.15) is 0 Å². The summed E-state index contributed by atoms with van der Waals surface area (Å²) in [5, 5.41) is 11.3. The lowest BCUT2D eigenvalue weighted by Crippen LogP contribution is -2.52. The molecule has 166 valence electrons. The molecule has 0 saturated carbocycles. The minimum absolute atomic E-state index is 0. The summed E-state index contributed by atoms with van der Waals surface area (Å²) in [5.74, 6) is 1.74. The van der Waals surface area contributed by atoms with Gasteiger partial charge < -0.3 is 20.7 Å². The number of pyridine rings is 1. The Hall–Kier alpha value is -1.65. The molecule has 0 amide bonds. The van der Waals surface area contributed by atoms with E-state index in [4.69, 9.17) is 9.73 Å². The molecule has 1 saturated heterocycles. The highest BCUT2D eigenvalue weighted by Crippen LogP contribution is 2.16. The third-order valence-electron chi connectivity index (χ3n) is 5.16. The highest BCUT2D eigenvalue weighted by molar-refractivity contribution is 14.0. The molecule has 1 aliphatic heterocycles. The number of anilines is 1. The van der Waals surface area contributed by atoms with Crippen LogP contribution < -0.4 is 16.0 Å². The minimum atomic E-state index is 0. The van der Waals surface area contributed by atoms with Crippen molar-refractivity contribution in [3.8, 4) is 0 Å². The molecular weight excluding hydrogens is 491 g/mol. The maximum atomic E-state index is 5.47. The molecule has 1 fully saturated rings. The Morgan fingerprint density at radius 3 is 2.63 bits per heavy atom. The van der Waals surface area contributed by atoms with Crippen LogP contribution in [0.2, 0.25) is 0 Å². The van der Waals surface area contributed by atoms with Gasteiger partial charge in [-0.15, -0.1) is 24.0 Å². The van der Waals surface area contributed by atoms with E-state index in [-0.39, 0.29) is 29.5 Å². The fraction of sp³-hybridized carbons (Fsp3) is 0.545. The second-order valence-corrected chi connectivity index (χ2v) is 7.85. The molecule has 1 aromatic heterocycles. The van der Waals surface area contributed by atoms with Crippen LogP contribution in [0, 0.1) is 0 Å². The summed E-state index contributed by atoms with van der Waals surface area (Å²) >= 11 is 0. The van der Waals surface area contributed by atoms with Crippen LogP contribution in [0.5, 0.6) is 0 Å². The smallest absolute Gasteiger partial charge is 0.191 e. The van der Waals surface area contributed by atoms with Gasteiger partial charge in [-0.3, -0.25) is 9.89 Å². The lowest BCUT2D eigenvalue weighted by atomic mass is 10.0. The molecule has 3 rings (SSSR count). The number of fused-ring (bicyclic) bond motifs is 1. The van der Waals surface area contributed by atoms with Gasteiger partial charge >= 0.3 is 0 Å². The number of guanidine groups is 1. The van der Waals surface area contributed by atoms with E-state index in [0.717, 1.165) is 75.2 Å². The number of aromatic nitrogens is 1. The van der Waals surface area contributed by atoms with Gasteiger partial charge in [0.1, 0.15) is 5.82 Å². The van der Waals surface area contributed by atoms with Crippen LogP contribution in [-0.4, -0.2) is 73.9 Å². The summed E-state index contributed by atoms with van der Waals surface area (Å²) in [6.45, 7) is 13.2. The maximum absolute atomic E-state index is 5.47. The van der Waals surface area contributed by atoms with Crippen LogP contribution >= 0.6 is 24.0 Å². The summed E-state index contributed by atoms with van der Waals surface area (Å²) in [5.41, 5.74) is 1.02. The molecule has 0 atom stereocenters. The summed E-state index contributed by atoms with van der Waals surface area (Å²) in [6, 6.07) is 12.3. The van der Waals surface area contributed by atoms with E-state index in [1.54, 1.807) is 0 Å². The number of benzene rings is 1. The summed E-state index contributed by atoms with van der Waals surface area (Å²) < 4.78 is 5.47. The molecule has 7 nitrogen and oxygen atoms in total. The highest BCUT2D eigenvalue weighted by atomic mass is 127. The van der Waals surface area contributed by atoms with Crippen LogP contribution in [0.1, 0.15) is 20.8 Å². The summed E-state index contributed by atoms with van der Waals surface area (Å²) in [7, 11) is 0. The Kier molecular flexibility index (Phi) is 10.1. The van der Waals surface area contributed by atoms with Crippen LogP contribution in [0.15, 0.2) is 41.4 Å². The molecule has 1 aromatic carbocycles. The van der Waals surface area contributed by atoms with Gasteiger partial charge in [0, 0.05) is 43.6 Å². The van der Waals surface area contributed by atoms with Crippen molar-refractivity contribution in [1.29, 1.82) is 0 Å². The predicted octanol–water partition coefficient (Wildman–Crippen LogP) is 2.93. The molecule has 0 radical (unpaired) electrons. The largest absolute Gasteiger partial charge is 0.379 e. The second kappa shape index (κ2) is 12.3. The number of morpholine rings is 1. The molecule has 0 spiro atoms. The fourth-order valence-corrected chi connectivity index (χ4v) is 3.42. The van der Waals surface area contributed by atoms with Crippen molar-refractivity contribution < 1.29 is 4.74 Å². The normalized spacial score (nSPS) is 15.5. The zero-order chi connectivity index (χ0) is 20.5. The number of hydrogen-bond acceptors (Lipinski definition) is 5. The number of aliphatic imine (C=N–C) groups is 1. The first-order valence-corrected chi connectivity index (χ1v) is 10.5. The van der Waals surface area contributed by atoms with Gasteiger partial charge in [0.2, 0.25) is 0 Å². The lowest BCUT2D eigenvalue weighted by Gasteiger charge is -2.39. The number of halogens is 1. The van der Waals surface area contributed by atoms with Crippen LogP contribution in [0.3, 0.4) is 0 Å². The quantitative estimate of drug-likeness (QED) is 0.213. The van der Waals surface area contributed by atoms with Gasteiger partial charge in [-0.05, 0) is 39.0 Å². The van der Waals surface area contributed by atoms with Crippen LogP contribution in [0.25, 0.3) is 10.9 Å². The second-order valence-electron chi connectivity index (χ2n) is 7.85. The van der Waals surface area contributed by atoms with Crippen LogP contribution in [0.4, 0.5) is 5.82 Å². The number of nitrogens with zero attached hydrogens (tertiary/aromatic N) is 3. The minimum Gasteiger partial charge on any atom is -0.379 e. The average Bonchev–Trinajstić information content (AvgIpc) is 2.75. The maximum Gasteiger partial charge on any atom is 0.191 e. The number of hydrogen-bond donors (Lipinski definition) is 3. The Labute approximate surface area is 197 Å². The molecule has 30 heavy (non-hydrogen) atoms. The monoisotopic (exact) mass is 526 g/mol. The van der Waals surface area contributed by atoms with E-state index < -0.39 is 0 Å². The van der Waals surface area contributed by atoms with Crippen molar-refractivity contribution in [3.05, 3.63) is 36.4 Å². The van der Waals surface area contributed by atoms with E-state index in [1.165, 1.54) is 0 Å². The number of nitrogens with one attached hydrogen (secondary N) is 3. The molecular formula is C22H35IN6O. The first-order chi connectivity index (χ1) is 14.1. The molecule has 0 unspecified atom stereocenters. The fourth-order valence-electron chi connectivity index (χ4n) is 3.42. The average molecular weight is 526 g/mol. The molecule has 0 aliphatic carbocycles. The van der Waals surface area contributed by atoms with Crippen molar-refractivity contribution in [2.75, 3.05) is 57.8 Å². The third kappa shape index (κ3) is 7.24. The van der Waals surface area contributed by atoms with E-state index in [9.17, 15) is 0 Å². The number of para-hydroxylation sites is 1. The van der Waals surface area contributed by atoms with Gasteiger partial charge in [-0.1, -0.05) is 18.2 Å². The predicted molar refractivity (Wildman–Crippen MR) is 136 cm³/mol. The first-order valence-electron chi connectivity index (χ1n) is 10.5. The number of ether oxygens (including phenoxy) is 1. The van der Waals surface area contributed by atoms with Gasteiger partial charge in [0.15, 0.2) is 5.96 Å². The van der Waals surface area contributed by atoms with E-state index in [2.05, 4.69) is 58.7 Å². The van der Waals surface area contributed by atoms with Crippen molar-refractivity contribution in [1.82, 2.24) is 20.5 Å². The Bertz CT molecular complexity index is 807. The van der Waals surface area contributed by atoms with Crippen molar-refractivity contribution in [3.63, 3.8) is 0 Å². The molecule has 2 heterocycles. The number of rotatable bonds is 8. The Balaban J connectivity index is 0.00000320. The molecule has 2 aromatic rings.